The Morgan fingerprint density at radius 2 is 1.50 bits per heavy atom. The molecule has 8 nitrogen and oxygen atoms in total. The van der Waals surface area contributed by atoms with Gasteiger partial charge < -0.3 is 19.9 Å². The molecule has 2 N–H and O–H groups in total. The number of halogens is 1. The lowest BCUT2D eigenvalue weighted by Crippen LogP contribution is -2.16. The van der Waals surface area contributed by atoms with E-state index in [1.54, 1.807) is 42.7 Å². The first kappa shape index (κ1) is 24.4. The lowest BCUT2D eigenvalue weighted by atomic mass is 10.1. The Hall–Kier alpha value is -4.27. The molecule has 0 spiro atoms. The quantitative estimate of drug-likeness (QED) is 0.402. The van der Waals surface area contributed by atoms with Crippen LogP contribution in [0.25, 0.3) is 5.69 Å². The number of aryl methyl sites for hydroxylation is 1. The molecule has 176 valence electrons. The Morgan fingerprint density at radius 3 is 2.06 bits per heavy atom. The maximum Gasteiger partial charge on any atom is 0.338 e. The molecule has 0 aliphatic heterocycles. The standard InChI is InChI=1S/C25H24FN3O5/c1-14-9-21(15(2)29(14)23-8-6-5-7-22(23)26)24(32)13-34-25(33)18-10-19(27-16(3)30)12-20(11-18)28-17(4)31/h5-12H,13H2,1-4H3,(H,27,30)(H,28,31). The Morgan fingerprint density at radius 1 is 0.912 bits per heavy atom. The fourth-order valence-electron chi connectivity index (χ4n) is 3.64. The van der Waals surface area contributed by atoms with Crippen molar-refractivity contribution >= 4 is 34.9 Å². The van der Waals surface area contributed by atoms with E-state index in [-0.39, 0.29) is 28.8 Å². The van der Waals surface area contributed by atoms with Crippen LogP contribution in [-0.4, -0.2) is 34.7 Å². The average Bonchev–Trinajstić information content (AvgIpc) is 3.05. The summed E-state index contributed by atoms with van der Waals surface area (Å²) in [5, 5.41) is 5.09. The van der Waals surface area contributed by atoms with Crippen molar-refractivity contribution in [2.75, 3.05) is 17.2 Å². The third-order valence-corrected chi connectivity index (χ3v) is 4.97. The third-order valence-electron chi connectivity index (χ3n) is 4.97. The highest BCUT2D eigenvalue weighted by atomic mass is 19.1. The van der Waals surface area contributed by atoms with Crippen LogP contribution in [0.2, 0.25) is 0 Å². The second-order valence-corrected chi connectivity index (χ2v) is 7.73. The molecule has 0 saturated heterocycles. The fourth-order valence-corrected chi connectivity index (χ4v) is 3.64. The molecule has 9 heteroatoms. The van der Waals surface area contributed by atoms with Crippen LogP contribution in [-0.2, 0) is 14.3 Å². The van der Waals surface area contributed by atoms with E-state index < -0.39 is 24.2 Å². The second-order valence-electron chi connectivity index (χ2n) is 7.73. The molecule has 0 aliphatic rings. The topological polar surface area (TPSA) is 107 Å². The molecule has 1 aromatic heterocycles. The summed E-state index contributed by atoms with van der Waals surface area (Å²) >= 11 is 0. The van der Waals surface area contributed by atoms with Crippen LogP contribution < -0.4 is 10.6 Å². The Balaban J connectivity index is 1.80. The summed E-state index contributed by atoms with van der Waals surface area (Å²) in [6.45, 7) is 5.50. The van der Waals surface area contributed by atoms with Gasteiger partial charge in [-0.3, -0.25) is 14.4 Å². The number of ether oxygens (including phenoxy) is 1. The number of ketones is 1. The molecule has 1 heterocycles. The molecule has 0 bridgehead atoms. The molecule has 0 radical (unpaired) electrons. The van der Waals surface area contributed by atoms with E-state index in [1.807, 2.05) is 0 Å². The number of anilines is 2. The average molecular weight is 465 g/mol. The van der Waals surface area contributed by atoms with Gasteiger partial charge in [0.15, 0.2) is 6.61 Å². The van der Waals surface area contributed by atoms with Crippen molar-refractivity contribution in [1.82, 2.24) is 4.57 Å². The minimum atomic E-state index is -0.810. The predicted octanol–water partition coefficient (Wildman–Crippen LogP) is 4.19. The van der Waals surface area contributed by atoms with Gasteiger partial charge in [0.05, 0.1) is 11.3 Å². The van der Waals surface area contributed by atoms with Crippen molar-refractivity contribution in [2.24, 2.45) is 0 Å². The monoisotopic (exact) mass is 465 g/mol. The van der Waals surface area contributed by atoms with E-state index in [1.165, 1.54) is 38.1 Å². The maximum atomic E-state index is 14.3. The van der Waals surface area contributed by atoms with Gasteiger partial charge in [0.25, 0.3) is 0 Å². The third kappa shape index (κ3) is 5.55. The van der Waals surface area contributed by atoms with Gasteiger partial charge in [-0.1, -0.05) is 12.1 Å². The van der Waals surface area contributed by atoms with Crippen LogP contribution in [0.5, 0.6) is 0 Å². The largest absolute Gasteiger partial charge is 0.454 e. The van der Waals surface area contributed by atoms with Crippen LogP contribution in [0.4, 0.5) is 15.8 Å². The lowest BCUT2D eigenvalue weighted by molar-refractivity contribution is -0.115. The molecule has 2 amide bonds. The first-order valence-corrected chi connectivity index (χ1v) is 10.4. The minimum absolute atomic E-state index is 0.0413. The number of hydrogen-bond donors (Lipinski definition) is 2. The predicted molar refractivity (Wildman–Crippen MR) is 125 cm³/mol. The summed E-state index contributed by atoms with van der Waals surface area (Å²) in [5.41, 5.74) is 2.40. The summed E-state index contributed by atoms with van der Waals surface area (Å²) in [5.74, 6) is -2.41. The van der Waals surface area contributed by atoms with E-state index in [0.717, 1.165) is 0 Å². The number of hydrogen-bond acceptors (Lipinski definition) is 5. The summed E-state index contributed by atoms with van der Waals surface area (Å²) < 4.78 is 21.1. The van der Waals surface area contributed by atoms with Crippen LogP contribution in [0.1, 0.15) is 46.0 Å². The molecule has 3 aromatic rings. The fraction of sp³-hybridized carbons (Fsp3) is 0.200. The van der Waals surface area contributed by atoms with Gasteiger partial charge in [-0.15, -0.1) is 0 Å². The molecular weight excluding hydrogens is 441 g/mol. The zero-order valence-corrected chi connectivity index (χ0v) is 19.2. The molecule has 0 fully saturated rings. The first-order chi connectivity index (χ1) is 16.1. The van der Waals surface area contributed by atoms with Crippen LogP contribution in [0, 0.1) is 19.7 Å². The van der Waals surface area contributed by atoms with E-state index in [9.17, 15) is 23.6 Å². The van der Waals surface area contributed by atoms with Crippen molar-refractivity contribution in [2.45, 2.75) is 27.7 Å². The number of aromatic nitrogens is 1. The second kappa shape index (κ2) is 10.1. The van der Waals surface area contributed by atoms with E-state index >= 15 is 0 Å². The first-order valence-electron chi connectivity index (χ1n) is 10.4. The summed E-state index contributed by atoms with van der Waals surface area (Å²) in [6, 6.07) is 12.1. The molecular formula is C25H24FN3O5. The highest BCUT2D eigenvalue weighted by Gasteiger charge is 2.20. The number of Topliss-reactive ketones (excluding diaryl/α,β-unsaturated/α-hetero) is 1. The number of benzene rings is 2. The van der Waals surface area contributed by atoms with Crippen molar-refractivity contribution in [1.29, 1.82) is 0 Å². The van der Waals surface area contributed by atoms with Crippen molar-refractivity contribution in [3.05, 3.63) is 76.9 Å². The highest BCUT2D eigenvalue weighted by molar-refractivity contribution is 6.02. The maximum absolute atomic E-state index is 14.3. The van der Waals surface area contributed by atoms with Gasteiger partial charge in [-0.25, -0.2) is 9.18 Å². The molecule has 0 saturated carbocycles. The molecule has 3 rings (SSSR count). The SMILES string of the molecule is CC(=O)Nc1cc(NC(C)=O)cc(C(=O)OCC(=O)c2cc(C)n(-c3ccccc3F)c2C)c1. The van der Waals surface area contributed by atoms with E-state index in [4.69, 9.17) is 4.74 Å². The number of carbonyl (C=O) groups is 4. The number of carbonyl (C=O) groups excluding carboxylic acids is 4. The molecule has 2 aromatic carbocycles. The van der Waals surface area contributed by atoms with Crippen LogP contribution in [0.15, 0.2) is 48.5 Å². The highest BCUT2D eigenvalue weighted by Crippen LogP contribution is 2.24. The number of nitrogens with zero attached hydrogens (tertiary/aromatic N) is 1. The van der Waals surface area contributed by atoms with Gasteiger partial charge in [0, 0.05) is 42.2 Å². The van der Waals surface area contributed by atoms with Crippen LogP contribution in [0.3, 0.4) is 0 Å². The number of para-hydroxylation sites is 1. The molecule has 0 unspecified atom stereocenters. The summed E-state index contributed by atoms with van der Waals surface area (Å²) in [7, 11) is 0. The summed E-state index contributed by atoms with van der Waals surface area (Å²) in [6.07, 6.45) is 0. The zero-order chi connectivity index (χ0) is 25.0. The van der Waals surface area contributed by atoms with Crippen molar-refractivity contribution in [3.63, 3.8) is 0 Å². The smallest absolute Gasteiger partial charge is 0.338 e. The number of nitrogens with one attached hydrogen (secondary N) is 2. The number of esters is 1. The lowest BCUT2D eigenvalue weighted by Gasteiger charge is -2.11. The van der Waals surface area contributed by atoms with Crippen molar-refractivity contribution < 1.29 is 28.3 Å². The molecule has 0 aliphatic carbocycles. The molecule has 0 atom stereocenters. The van der Waals surface area contributed by atoms with E-state index in [2.05, 4.69) is 10.6 Å². The number of rotatable bonds is 7. The normalized spacial score (nSPS) is 10.5. The van der Waals surface area contributed by atoms with Gasteiger partial charge in [-0.05, 0) is 50.2 Å². The Labute approximate surface area is 195 Å². The summed E-state index contributed by atoms with van der Waals surface area (Å²) in [4.78, 5) is 48.2. The Kier molecular flexibility index (Phi) is 7.25. The van der Waals surface area contributed by atoms with E-state index in [0.29, 0.717) is 22.6 Å². The zero-order valence-electron chi connectivity index (χ0n) is 19.2. The van der Waals surface area contributed by atoms with Gasteiger partial charge in [0.2, 0.25) is 17.6 Å². The minimum Gasteiger partial charge on any atom is -0.454 e. The Bertz CT molecular complexity index is 1260. The van der Waals surface area contributed by atoms with Gasteiger partial charge in [0.1, 0.15) is 5.82 Å². The van der Waals surface area contributed by atoms with Crippen LogP contribution >= 0.6 is 0 Å². The molecule has 34 heavy (non-hydrogen) atoms. The van der Waals surface area contributed by atoms with Crippen molar-refractivity contribution in [3.8, 4) is 5.69 Å². The van der Waals surface area contributed by atoms with Gasteiger partial charge >= 0.3 is 5.97 Å². The number of amides is 2. The van der Waals surface area contributed by atoms with Gasteiger partial charge in [-0.2, -0.15) is 0 Å².